The summed E-state index contributed by atoms with van der Waals surface area (Å²) >= 11 is 1.11. The zero-order valence-electron chi connectivity index (χ0n) is 17.6. The lowest BCUT2D eigenvalue weighted by Crippen LogP contribution is -2.43. The predicted molar refractivity (Wildman–Crippen MR) is 121 cm³/mol. The van der Waals surface area contributed by atoms with E-state index < -0.39 is 5.97 Å². The number of benzene rings is 1. The molecule has 0 radical (unpaired) electrons. The summed E-state index contributed by atoms with van der Waals surface area (Å²) < 4.78 is 5.40. The molecule has 1 N–H and O–H groups in total. The Bertz CT molecular complexity index is 1160. The van der Waals surface area contributed by atoms with Gasteiger partial charge in [-0.3, -0.25) is 9.59 Å². The van der Waals surface area contributed by atoms with Crippen LogP contribution in [0.3, 0.4) is 0 Å². The van der Waals surface area contributed by atoms with Crippen molar-refractivity contribution in [3.05, 3.63) is 57.0 Å². The monoisotopic (exact) mass is 439 g/mol. The van der Waals surface area contributed by atoms with Crippen LogP contribution in [0.4, 0.5) is 5.69 Å². The zero-order chi connectivity index (χ0) is 22.0. The lowest BCUT2D eigenvalue weighted by atomic mass is 9.93. The number of carbonyl (C=O) groups excluding carboxylic acids is 2. The van der Waals surface area contributed by atoms with Crippen molar-refractivity contribution in [3.63, 3.8) is 0 Å². The standard InChI is InChI=1S/C23H25N3O4S/c1-14-19-21(28)24-15(2)25-22(19)31-20(14)23(29)30-13-18(27)26(16-9-5-3-6-10-16)17-11-7-4-8-12-17/h3,5-6,9-10,17H,4,7-8,11-13H2,1-2H3,(H,24,25,28). The molecule has 0 saturated heterocycles. The third-order valence-corrected chi connectivity index (χ3v) is 6.84. The number of carbonyl (C=O) groups is 2. The number of hydrogen-bond acceptors (Lipinski definition) is 6. The van der Waals surface area contributed by atoms with E-state index in [-0.39, 0.29) is 24.1 Å². The Kier molecular flexibility index (Phi) is 6.18. The molecule has 3 aromatic rings. The highest BCUT2D eigenvalue weighted by Crippen LogP contribution is 2.29. The van der Waals surface area contributed by atoms with Gasteiger partial charge in [0.05, 0.1) is 5.39 Å². The van der Waals surface area contributed by atoms with Crippen molar-refractivity contribution in [3.8, 4) is 0 Å². The van der Waals surface area contributed by atoms with E-state index in [4.69, 9.17) is 4.74 Å². The van der Waals surface area contributed by atoms with Gasteiger partial charge < -0.3 is 14.6 Å². The number of nitrogens with one attached hydrogen (secondary N) is 1. The van der Waals surface area contributed by atoms with Crippen LogP contribution < -0.4 is 10.5 Å². The quantitative estimate of drug-likeness (QED) is 0.604. The molecule has 0 unspecified atom stereocenters. The highest BCUT2D eigenvalue weighted by atomic mass is 32.1. The average molecular weight is 440 g/mol. The highest BCUT2D eigenvalue weighted by molar-refractivity contribution is 7.20. The van der Waals surface area contributed by atoms with Gasteiger partial charge in [0.15, 0.2) is 6.61 Å². The van der Waals surface area contributed by atoms with Gasteiger partial charge in [-0.25, -0.2) is 9.78 Å². The fraction of sp³-hybridized carbons (Fsp3) is 0.391. The van der Waals surface area contributed by atoms with Crippen molar-refractivity contribution in [2.45, 2.75) is 52.0 Å². The van der Waals surface area contributed by atoms with Crippen LogP contribution in [-0.4, -0.2) is 34.5 Å². The van der Waals surface area contributed by atoms with Gasteiger partial charge in [-0.05, 0) is 44.4 Å². The molecule has 1 aliphatic carbocycles. The highest BCUT2D eigenvalue weighted by Gasteiger charge is 2.28. The topological polar surface area (TPSA) is 92.4 Å². The summed E-state index contributed by atoms with van der Waals surface area (Å²) in [6, 6.07) is 9.64. The zero-order valence-corrected chi connectivity index (χ0v) is 18.5. The van der Waals surface area contributed by atoms with E-state index in [1.54, 1.807) is 18.7 Å². The van der Waals surface area contributed by atoms with Crippen LogP contribution in [0.15, 0.2) is 35.1 Å². The average Bonchev–Trinajstić information content (AvgIpc) is 3.10. The van der Waals surface area contributed by atoms with Crippen LogP contribution in [-0.2, 0) is 9.53 Å². The van der Waals surface area contributed by atoms with Crippen LogP contribution in [0.5, 0.6) is 0 Å². The molecular weight excluding hydrogens is 414 g/mol. The molecule has 0 spiro atoms. The van der Waals surface area contributed by atoms with Crippen molar-refractivity contribution in [1.82, 2.24) is 9.97 Å². The van der Waals surface area contributed by atoms with Crippen molar-refractivity contribution in [2.24, 2.45) is 0 Å². The van der Waals surface area contributed by atoms with E-state index in [2.05, 4.69) is 9.97 Å². The second-order valence-corrected chi connectivity index (χ2v) is 8.85. The summed E-state index contributed by atoms with van der Waals surface area (Å²) in [5, 5.41) is 0.391. The number of aromatic nitrogens is 2. The van der Waals surface area contributed by atoms with Gasteiger partial charge in [0.1, 0.15) is 15.5 Å². The Hall–Kier alpha value is -3.00. The van der Waals surface area contributed by atoms with E-state index in [1.165, 1.54) is 6.42 Å². The number of nitrogens with zero attached hydrogens (tertiary/aromatic N) is 2. The molecular formula is C23H25N3O4S. The first kappa shape index (κ1) is 21.2. The smallest absolute Gasteiger partial charge is 0.349 e. The minimum Gasteiger partial charge on any atom is -0.451 e. The van der Waals surface area contributed by atoms with Gasteiger partial charge in [0.2, 0.25) is 0 Å². The van der Waals surface area contributed by atoms with Crippen LogP contribution >= 0.6 is 11.3 Å². The number of H-pyrrole nitrogens is 1. The van der Waals surface area contributed by atoms with E-state index >= 15 is 0 Å². The van der Waals surface area contributed by atoms with Gasteiger partial charge in [0.25, 0.3) is 11.5 Å². The molecule has 1 amide bonds. The van der Waals surface area contributed by atoms with Crippen molar-refractivity contribution < 1.29 is 14.3 Å². The molecule has 0 bridgehead atoms. The predicted octanol–water partition coefficient (Wildman–Crippen LogP) is 4.12. The van der Waals surface area contributed by atoms with Crippen molar-refractivity contribution in [1.29, 1.82) is 0 Å². The van der Waals surface area contributed by atoms with Gasteiger partial charge in [-0.1, -0.05) is 37.5 Å². The summed E-state index contributed by atoms with van der Waals surface area (Å²) in [4.78, 5) is 47.6. The summed E-state index contributed by atoms with van der Waals surface area (Å²) in [5.74, 6) is -0.362. The van der Waals surface area contributed by atoms with Gasteiger partial charge in [-0.2, -0.15) is 0 Å². The Morgan fingerprint density at radius 2 is 1.87 bits per heavy atom. The first-order valence-corrected chi connectivity index (χ1v) is 11.3. The van der Waals surface area contributed by atoms with Crippen LogP contribution in [0.1, 0.15) is 53.2 Å². The lowest BCUT2D eigenvalue weighted by molar-refractivity contribution is -0.122. The normalized spacial score (nSPS) is 14.5. The molecule has 8 heteroatoms. The van der Waals surface area contributed by atoms with E-state index in [0.29, 0.717) is 26.5 Å². The molecule has 0 atom stereocenters. The fourth-order valence-corrected chi connectivity index (χ4v) is 5.32. The molecule has 7 nitrogen and oxygen atoms in total. The molecule has 1 aromatic carbocycles. The SMILES string of the molecule is Cc1nc2sc(C(=O)OCC(=O)N(c3ccccc3)C3CCCCC3)c(C)c2c(=O)[nH]1. The molecule has 2 aromatic heterocycles. The van der Waals surface area contributed by atoms with Crippen molar-refractivity contribution in [2.75, 3.05) is 11.5 Å². The Morgan fingerprint density at radius 3 is 2.58 bits per heavy atom. The summed E-state index contributed by atoms with van der Waals surface area (Å²) in [7, 11) is 0. The molecule has 2 heterocycles. The van der Waals surface area contributed by atoms with Gasteiger partial charge in [-0.15, -0.1) is 11.3 Å². The number of aromatic amines is 1. The number of para-hydroxylation sites is 1. The first-order chi connectivity index (χ1) is 15.0. The third-order valence-electron chi connectivity index (χ3n) is 5.67. The maximum atomic E-state index is 13.1. The molecule has 0 aliphatic heterocycles. The minimum absolute atomic E-state index is 0.110. The third kappa shape index (κ3) is 4.39. The summed E-state index contributed by atoms with van der Waals surface area (Å²) in [6.07, 6.45) is 5.24. The van der Waals surface area contributed by atoms with E-state index in [9.17, 15) is 14.4 Å². The Labute approximate surface area is 184 Å². The molecule has 1 fully saturated rings. The maximum Gasteiger partial charge on any atom is 0.349 e. The minimum atomic E-state index is -0.609. The molecule has 1 saturated carbocycles. The number of hydrogen-bond donors (Lipinski definition) is 1. The number of amides is 1. The van der Waals surface area contributed by atoms with E-state index in [1.807, 2.05) is 30.3 Å². The first-order valence-electron chi connectivity index (χ1n) is 10.5. The van der Waals surface area contributed by atoms with Crippen LogP contribution in [0.2, 0.25) is 0 Å². The lowest BCUT2D eigenvalue weighted by Gasteiger charge is -2.34. The summed E-state index contributed by atoms with van der Waals surface area (Å²) in [6.45, 7) is 3.04. The number of ether oxygens (including phenoxy) is 1. The van der Waals surface area contributed by atoms with Crippen LogP contribution in [0.25, 0.3) is 10.2 Å². The number of fused-ring (bicyclic) bond motifs is 1. The van der Waals surface area contributed by atoms with Crippen LogP contribution in [0, 0.1) is 13.8 Å². The number of rotatable bonds is 5. The van der Waals surface area contributed by atoms with Gasteiger partial charge in [0, 0.05) is 11.7 Å². The van der Waals surface area contributed by atoms with E-state index in [0.717, 1.165) is 42.7 Å². The Balaban J connectivity index is 1.53. The second kappa shape index (κ2) is 9.01. The van der Waals surface area contributed by atoms with Crippen molar-refractivity contribution >= 4 is 39.1 Å². The summed E-state index contributed by atoms with van der Waals surface area (Å²) in [5.41, 5.74) is 1.07. The number of esters is 1. The molecule has 4 rings (SSSR count). The Morgan fingerprint density at radius 1 is 1.16 bits per heavy atom. The number of anilines is 1. The second-order valence-electron chi connectivity index (χ2n) is 7.85. The largest absolute Gasteiger partial charge is 0.451 e. The molecule has 31 heavy (non-hydrogen) atoms. The maximum absolute atomic E-state index is 13.1. The van der Waals surface area contributed by atoms with Gasteiger partial charge >= 0.3 is 5.97 Å². The molecule has 1 aliphatic rings. The number of thiophene rings is 1. The molecule has 162 valence electrons. The fourth-order valence-electron chi connectivity index (χ4n) is 4.19. The number of aryl methyl sites for hydroxylation is 2.